The second-order valence-corrected chi connectivity index (χ2v) is 17.0. The number of ether oxygens (including phenoxy) is 3. The largest absolute Gasteiger partial charge is 0.462 e. The molecule has 0 aliphatic rings. The minimum Gasteiger partial charge on any atom is -0.462 e. The summed E-state index contributed by atoms with van der Waals surface area (Å²) in [6.07, 6.45) is 38.0. The normalized spacial score (nSPS) is 12.1. The van der Waals surface area contributed by atoms with E-state index in [-0.39, 0.29) is 31.1 Å². The molecule has 0 N–H and O–H groups in total. The van der Waals surface area contributed by atoms with Crippen LogP contribution in [0.5, 0.6) is 0 Å². The third-order valence-corrected chi connectivity index (χ3v) is 10.5. The lowest BCUT2D eigenvalue weighted by atomic mass is 10.0. The Hall–Kier alpha value is -1.59. The number of carbonyl (C=O) groups excluding carboxylic acids is 3. The van der Waals surface area contributed by atoms with Gasteiger partial charge in [-0.25, -0.2) is 0 Å². The van der Waals surface area contributed by atoms with E-state index in [1.165, 1.54) is 141 Å². The predicted octanol–water partition coefficient (Wildman–Crippen LogP) is 14.6. The van der Waals surface area contributed by atoms with Crippen molar-refractivity contribution in [2.45, 2.75) is 259 Å². The van der Waals surface area contributed by atoms with Gasteiger partial charge in [-0.3, -0.25) is 14.4 Å². The Balaban J connectivity index is 4.32. The standard InChI is InChI=1S/C47H90O6/c1-6-7-8-9-10-15-22-27-32-37-45(48)51-40-44(53-47(50)39-34-29-24-19-14-12-17-21-26-31-36-43(4)5)41-52-46(49)38-33-28-23-18-13-11-16-20-25-30-35-42(2)3/h42-44H,6-41H2,1-5H3/t44-/m1/s1. The minimum absolute atomic E-state index is 0.0650. The van der Waals surface area contributed by atoms with Gasteiger partial charge in [0.25, 0.3) is 0 Å². The molecule has 0 fully saturated rings. The van der Waals surface area contributed by atoms with Crippen molar-refractivity contribution in [2.75, 3.05) is 13.2 Å². The van der Waals surface area contributed by atoms with E-state index in [0.717, 1.165) is 69.6 Å². The summed E-state index contributed by atoms with van der Waals surface area (Å²) in [5.41, 5.74) is 0. The second-order valence-electron chi connectivity index (χ2n) is 17.0. The van der Waals surface area contributed by atoms with Crippen LogP contribution in [0.25, 0.3) is 0 Å². The molecule has 0 unspecified atom stereocenters. The zero-order chi connectivity index (χ0) is 39.0. The fourth-order valence-corrected chi connectivity index (χ4v) is 6.93. The summed E-state index contributed by atoms with van der Waals surface area (Å²) < 4.78 is 16.7. The molecule has 0 aromatic carbocycles. The van der Waals surface area contributed by atoms with Gasteiger partial charge in [0.05, 0.1) is 0 Å². The maximum absolute atomic E-state index is 12.7. The molecule has 0 saturated carbocycles. The number of hydrogen-bond donors (Lipinski definition) is 0. The van der Waals surface area contributed by atoms with E-state index in [2.05, 4.69) is 34.6 Å². The smallest absolute Gasteiger partial charge is 0.306 e. The molecule has 0 amide bonds. The molecule has 0 heterocycles. The number of rotatable bonds is 41. The van der Waals surface area contributed by atoms with Crippen LogP contribution in [0, 0.1) is 11.8 Å². The molecule has 0 spiro atoms. The first-order valence-corrected chi connectivity index (χ1v) is 23.2. The summed E-state index contributed by atoms with van der Waals surface area (Å²) in [5.74, 6) is 0.776. The fraction of sp³-hybridized carbons (Fsp3) is 0.936. The average Bonchev–Trinajstić information content (AvgIpc) is 3.12. The zero-order valence-corrected chi connectivity index (χ0v) is 36.1. The average molecular weight is 751 g/mol. The van der Waals surface area contributed by atoms with E-state index < -0.39 is 6.10 Å². The molecule has 1 atom stereocenters. The summed E-state index contributed by atoms with van der Waals surface area (Å²) >= 11 is 0. The molecule has 0 radical (unpaired) electrons. The van der Waals surface area contributed by atoms with Crippen LogP contribution in [-0.4, -0.2) is 37.2 Å². The third-order valence-electron chi connectivity index (χ3n) is 10.5. The van der Waals surface area contributed by atoms with Gasteiger partial charge in [0, 0.05) is 19.3 Å². The van der Waals surface area contributed by atoms with E-state index in [1.807, 2.05) is 0 Å². The van der Waals surface area contributed by atoms with Gasteiger partial charge in [0.2, 0.25) is 0 Å². The molecule has 0 aromatic heterocycles. The second kappa shape index (κ2) is 40.1. The highest BCUT2D eigenvalue weighted by atomic mass is 16.6. The maximum atomic E-state index is 12.7. The van der Waals surface area contributed by atoms with E-state index in [9.17, 15) is 14.4 Å². The van der Waals surface area contributed by atoms with Gasteiger partial charge in [-0.15, -0.1) is 0 Å². The first-order chi connectivity index (χ1) is 25.7. The van der Waals surface area contributed by atoms with Gasteiger partial charge >= 0.3 is 17.9 Å². The lowest BCUT2D eigenvalue weighted by molar-refractivity contribution is -0.167. The summed E-state index contributed by atoms with van der Waals surface area (Å²) in [6.45, 7) is 11.3. The van der Waals surface area contributed by atoms with Crippen molar-refractivity contribution in [1.29, 1.82) is 0 Å². The van der Waals surface area contributed by atoms with Crippen molar-refractivity contribution in [2.24, 2.45) is 11.8 Å². The van der Waals surface area contributed by atoms with E-state index in [0.29, 0.717) is 19.3 Å². The predicted molar refractivity (Wildman–Crippen MR) is 224 cm³/mol. The van der Waals surface area contributed by atoms with Gasteiger partial charge in [0.15, 0.2) is 6.10 Å². The molecule has 0 saturated heterocycles. The van der Waals surface area contributed by atoms with Crippen LogP contribution in [0.1, 0.15) is 253 Å². The minimum atomic E-state index is -0.760. The topological polar surface area (TPSA) is 78.9 Å². The fourth-order valence-electron chi connectivity index (χ4n) is 6.93. The lowest BCUT2D eigenvalue weighted by Gasteiger charge is -2.18. The molecule has 0 aromatic rings. The molecule has 0 rings (SSSR count). The lowest BCUT2D eigenvalue weighted by Crippen LogP contribution is -2.30. The summed E-state index contributed by atoms with van der Waals surface area (Å²) in [6, 6.07) is 0. The number of unbranched alkanes of at least 4 members (excludes halogenated alkanes) is 26. The van der Waals surface area contributed by atoms with Gasteiger partial charge in [0.1, 0.15) is 13.2 Å². The van der Waals surface area contributed by atoms with Crippen LogP contribution in [0.2, 0.25) is 0 Å². The van der Waals surface area contributed by atoms with Crippen LogP contribution in [0.4, 0.5) is 0 Å². The van der Waals surface area contributed by atoms with Crippen LogP contribution in [0.15, 0.2) is 0 Å². The highest BCUT2D eigenvalue weighted by molar-refractivity contribution is 5.71. The van der Waals surface area contributed by atoms with Crippen molar-refractivity contribution in [3.8, 4) is 0 Å². The Bertz CT molecular complexity index is 809. The molecule has 0 aliphatic heterocycles. The Labute approximate surface area is 329 Å². The molecular weight excluding hydrogens is 661 g/mol. The SMILES string of the molecule is CCCCCCCCCCCC(=O)OC[C@H](COC(=O)CCCCCCCCCCCCC(C)C)OC(=O)CCCCCCCCCCCCC(C)C. The molecule has 6 nitrogen and oxygen atoms in total. The number of esters is 3. The first-order valence-electron chi connectivity index (χ1n) is 23.2. The molecule has 53 heavy (non-hydrogen) atoms. The van der Waals surface area contributed by atoms with Crippen molar-refractivity contribution >= 4 is 17.9 Å². The molecule has 0 bridgehead atoms. The van der Waals surface area contributed by atoms with Crippen molar-refractivity contribution in [3.05, 3.63) is 0 Å². The van der Waals surface area contributed by atoms with Gasteiger partial charge < -0.3 is 14.2 Å². The van der Waals surface area contributed by atoms with Crippen molar-refractivity contribution in [3.63, 3.8) is 0 Å². The third kappa shape index (κ3) is 41.4. The summed E-state index contributed by atoms with van der Waals surface area (Å²) in [5, 5.41) is 0. The first kappa shape index (κ1) is 51.4. The zero-order valence-electron chi connectivity index (χ0n) is 36.1. The number of hydrogen-bond acceptors (Lipinski definition) is 6. The maximum Gasteiger partial charge on any atom is 0.306 e. The van der Waals surface area contributed by atoms with Gasteiger partial charge in [-0.05, 0) is 31.1 Å². The summed E-state index contributed by atoms with van der Waals surface area (Å²) in [4.78, 5) is 37.7. The van der Waals surface area contributed by atoms with Crippen molar-refractivity contribution < 1.29 is 28.6 Å². The molecule has 6 heteroatoms. The van der Waals surface area contributed by atoms with Crippen LogP contribution in [-0.2, 0) is 28.6 Å². The van der Waals surface area contributed by atoms with Gasteiger partial charge in [-0.2, -0.15) is 0 Å². The van der Waals surface area contributed by atoms with E-state index >= 15 is 0 Å². The Morgan fingerprint density at radius 3 is 0.925 bits per heavy atom. The van der Waals surface area contributed by atoms with Gasteiger partial charge in [-0.1, -0.05) is 214 Å². The van der Waals surface area contributed by atoms with Crippen LogP contribution >= 0.6 is 0 Å². The van der Waals surface area contributed by atoms with Crippen LogP contribution in [0.3, 0.4) is 0 Å². The summed E-state index contributed by atoms with van der Waals surface area (Å²) in [7, 11) is 0. The Morgan fingerprint density at radius 2 is 0.623 bits per heavy atom. The van der Waals surface area contributed by atoms with Crippen LogP contribution < -0.4 is 0 Å². The Kier molecular flexibility index (Phi) is 38.9. The quantitative estimate of drug-likeness (QED) is 0.0352. The van der Waals surface area contributed by atoms with E-state index in [4.69, 9.17) is 14.2 Å². The number of carbonyl (C=O) groups is 3. The van der Waals surface area contributed by atoms with E-state index in [1.54, 1.807) is 0 Å². The molecule has 0 aliphatic carbocycles. The van der Waals surface area contributed by atoms with Crippen molar-refractivity contribution in [1.82, 2.24) is 0 Å². The molecular formula is C47H90O6. The Morgan fingerprint density at radius 1 is 0.358 bits per heavy atom. The highest BCUT2D eigenvalue weighted by Gasteiger charge is 2.19. The molecule has 314 valence electrons. The monoisotopic (exact) mass is 751 g/mol. The highest BCUT2D eigenvalue weighted by Crippen LogP contribution is 2.16.